The van der Waals surface area contributed by atoms with Crippen molar-refractivity contribution in [3.8, 4) is 0 Å². The molecule has 0 saturated heterocycles. The minimum absolute atomic E-state index is 0.499. The zero-order chi connectivity index (χ0) is 12.8. The first-order valence-corrected chi connectivity index (χ1v) is 7.17. The van der Waals surface area contributed by atoms with E-state index in [0.717, 1.165) is 5.92 Å². The van der Waals surface area contributed by atoms with E-state index in [1.165, 1.54) is 38.5 Å². The second kappa shape index (κ2) is 6.67. The van der Waals surface area contributed by atoms with Crippen molar-refractivity contribution in [1.29, 1.82) is 0 Å². The maximum atomic E-state index is 2.39. The number of hydrogen-bond acceptors (Lipinski definition) is 0. The number of unbranched alkanes of at least 4 members (excludes halogenated alkanes) is 2. The predicted molar refractivity (Wildman–Crippen MR) is 75.8 cm³/mol. The summed E-state index contributed by atoms with van der Waals surface area (Å²) < 4.78 is 0. The highest BCUT2D eigenvalue weighted by atomic mass is 14.3. The smallest absolute Gasteiger partial charge is 0.0354 e. The van der Waals surface area contributed by atoms with Crippen LogP contribution in [0.4, 0.5) is 0 Å². The van der Waals surface area contributed by atoms with Crippen molar-refractivity contribution in [2.24, 2.45) is 16.7 Å². The molecule has 1 atom stereocenters. The molecule has 0 amide bonds. The first-order chi connectivity index (χ1) is 7.17. The van der Waals surface area contributed by atoms with Crippen LogP contribution >= 0.6 is 0 Å². The molecule has 0 saturated carbocycles. The molecule has 0 rings (SSSR count). The zero-order valence-electron chi connectivity index (χ0n) is 12.8. The average Bonchev–Trinajstić information content (AvgIpc) is 2.07. The Morgan fingerprint density at radius 1 is 0.812 bits per heavy atom. The molecule has 0 aliphatic heterocycles. The van der Waals surface area contributed by atoms with Crippen molar-refractivity contribution in [3.63, 3.8) is 0 Å². The first-order valence-electron chi connectivity index (χ1n) is 7.17. The molecule has 0 aromatic carbocycles. The molecule has 0 aromatic rings. The highest BCUT2D eigenvalue weighted by Crippen LogP contribution is 2.33. The molecule has 98 valence electrons. The molecule has 0 N–H and O–H groups in total. The summed E-state index contributed by atoms with van der Waals surface area (Å²) in [5.41, 5.74) is 1.02. The van der Waals surface area contributed by atoms with E-state index < -0.39 is 0 Å². The molecular weight excluding hydrogens is 192 g/mol. The minimum atomic E-state index is 0.499. The molecule has 0 aromatic heterocycles. The predicted octanol–water partition coefficient (Wildman–Crippen LogP) is 6.06. The van der Waals surface area contributed by atoms with Crippen LogP contribution in [0.2, 0.25) is 0 Å². The Bertz CT molecular complexity index is 165. The Morgan fingerprint density at radius 3 is 1.75 bits per heavy atom. The molecular formula is C16H34. The van der Waals surface area contributed by atoms with E-state index in [9.17, 15) is 0 Å². The van der Waals surface area contributed by atoms with Crippen LogP contribution in [0.3, 0.4) is 0 Å². The summed E-state index contributed by atoms with van der Waals surface area (Å²) >= 11 is 0. The van der Waals surface area contributed by atoms with Gasteiger partial charge in [0, 0.05) is 0 Å². The third-order valence-corrected chi connectivity index (χ3v) is 3.70. The number of rotatable bonds is 6. The summed E-state index contributed by atoms with van der Waals surface area (Å²) in [4.78, 5) is 0. The van der Waals surface area contributed by atoms with Crippen LogP contribution in [0, 0.1) is 16.7 Å². The molecule has 0 heterocycles. The van der Waals surface area contributed by atoms with E-state index in [1.807, 2.05) is 0 Å². The molecule has 1 unspecified atom stereocenters. The second-order valence-electron chi connectivity index (χ2n) is 7.63. The lowest BCUT2D eigenvalue weighted by atomic mass is 9.76. The van der Waals surface area contributed by atoms with E-state index >= 15 is 0 Å². The summed E-state index contributed by atoms with van der Waals surface area (Å²) in [7, 11) is 0. The van der Waals surface area contributed by atoms with Gasteiger partial charge in [0.25, 0.3) is 0 Å². The van der Waals surface area contributed by atoms with Crippen molar-refractivity contribution in [2.75, 3.05) is 0 Å². The lowest BCUT2D eigenvalue weighted by molar-refractivity contribution is 0.212. The van der Waals surface area contributed by atoms with Crippen molar-refractivity contribution in [2.45, 2.75) is 87.0 Å². The Balaban J connectivity index is 3.65. The van der Waals surface area contributed by atoms with Crippen LogP contribution in [0.25, 0.3) is 0 Å². The molecule has 0 fully saturated rings. The highest BCUT2D eigenvalue weighted by molar-refractivity contribution is 4.72. The molecule has 0 radical (unpaired) electrons. The minimum Gasteiger partial charge on any atom is -0.0651 e. The summed E-state index contributed by atoms with van der Waals surface area (Å²) in [6.45, 7) is 16.5. The van der Waals surface area contributed by atoms with Gasteiger partial charge in [0.15, 0.2) is 0 Å². The second-order valence-corrected chi connectivity index (χ2v) is 7.63. The van der Waals surface area contributed by atoms with Gasteiger partial charge in [-0.05, 0) is 29.6 Å². The molecule has 16 heavy (non-hydrogen) atoms. The maximum Gasteiger partial charge on any atom is -0.0354 e. The van der Waals surface area contributed by atoms with Crippen molar-refractivity contribution < 1.29 is 0 Å². The molecule has 0 nitrogen and oxygen atoms in total. The quantitative estimate of drug-likeness (QED) is 0.483. The van der Waals surface area contributed by atoms with Gasteiger partial charge in [0.05, 0.1) is 0 Å². The van der Waals surface area contributed by atoms with E-state index in [-0.39, 0.29) is 0 Å². The summed E-state index contributed by atoms with van der Waals surface area (Å²) in [5.74, 6) is 0.905. The van der Waals surface area contributed by atoms with E-state index in [1.54, 1.807) is 0 Å². The van der Waals surface area contributed by atoms with Crippen LogP contribution in [0.15, 0.2) is 0 Å². The largest absolute Gasteiger partial charge is 0.0651 e. The van der Waals surface area contributed by atoms with Gasteiger partial charge in [-0.1, -0.05) is 74.1 Å². The standard InChI is InChI=1S/C16H34/c1-8-14(16(5,6)7)12-10-9-11-13-15(2,3)4/h14H,8-13H2,1-7H3. The summed E-state index contributed by atoms with van der Waals surface area (Å²) in [6.07, 6.45) is 8.38. The fourth-order valence-corrected chi connectivity index (χ4v) is 2.47. The Morgan fingerprint density at radius 2 is 1.38 bits per heavy atom. The third-order valence-electron chi connectivity index (χ3n) is 3.70. The van der Waals surface area contributed by atoms with Crippen LogP contribution in [0.5, 0.6) is 0 Å². The van der Waals surface area contributed by atoms with Gasteiger partial charge in [0.1, 0.15) is 0 Å². The summed E-state index contributed by atoms with van der Waals surface area (Å²) in [5, 5.41) is 0. The van der Waals surface area contributed by atoms with Crippen molar-refractivity contribution in [1.82, 2.24) is 0 Å². The molecule has 0 bridgehead atoms. The molecule has 0 heteroatoms. The van der Waals surface area contributed by atoms with Gasteiger partial charge in [-0.15, -0.1) is 0 Å². The molecule has 0 aliphatic carbocycles. The van der Waals surface area contributed by atoms with Gasteiger partial charge in [-0.2, -0.15) is 0 Å². The Kier molecular flexibility index (Phi) is 6.67. The van der Waals surface area contributed by atoms with Crippen LogP contribution < -0.4 is 0 Å². The van der Waals surface area contributed by atoms with E-state index in [2.05, 4.69) is 48.5 Å². The lowest BCUT2D eigenvalue weighted by Crippen LogP contribution is -2.19. The Labute approximate surface area is 104 Å². The third kappa shape index (κ3) is 8.19. The zero-order valence-corrected chi connectivity index (χ0v) is 12.8. The summed E-state index contributed by atoms with van der Waals surface area (Å²) in [6, 6.07) is 0. The van der Waals surface area contributed by atoms with Crippen molar-refractivity contribution >= 4 is 0 Å². The fourth-order valence-electron chi connectivity index (χ4n) is 2.47. The normalized spacial score (nSPS) is 15.2. The number of hydrogen-bond donors (Lipinski definition) is 0. The molecule has 0 spiro atoms. The topological polar surface area (TPSA) is 0 Å². The van der Waals surface area contributed by atoms with Gasteiger partial charge < -0.3 is 0 Å². The SMILES string of the molecule is CCC(CCCCCC(C)(C)C)C(C)(C)C. The average molecular weight is 226 g/mol. The van der Waals surface area contributed by atoms with E-state index in [0.29, 0.717) is 10.8 Å². The van der Waals surface area contributed by atoms with Gasteiger partial charge in [-0.3, -0.25) is 0 Å². The van der Waals surface area contributed by atoms with Gasteiger partial charge in [0.2, 0.25) is 0 Å². The van der Waals surface area contributed by atoms with Gasteiger partial charge in [-0.25, -0.2) is 0 Å². The lowest BCUT2D eigenvalue weighted by Gasteiger charge is -2.30. The fraction of sp³-hybridized carbons (Fsp3) is 1.00. The van der Waals surface area contributed by atoms with Crippen LogP contribution in [0.1, 0.15) is 87.0 Å². The monoisotopic (exact) mass is 226 g/mol. The van der Waals surface area contributed by atoms with Crippen LogP contribution in [-0.4, -0.2) is 0 Å². The van der Waals surface area contributed by atoms with Crippen LogP contribution in [-0.2, 0) is 0 Å². The highest BCUT2D eigenvalue weighted by Gasteiger charge is 2.22. The Hall–Kier alpha value is 0. The molecule has 0 aliphatic rings. The van der Waals surface area contributed by atoms with E-state index in [4.69, 9.17) is 0 Å². The first kappa shape index (κ1) is 16.0. The maximum absolute atomic E-state index is 2.39. The van der Waals surface area contributed by atoms with Gasteiger partial charge >= 0.3 is 0 Å². The van der Waals surface area contributed by atoms with Crippen molar-refractivity contribution in [3.05, 3.63) is 0 Å².